The molecule has 0 aliphatic heterocycles. The van der Waals surface area contributed by atoms with Gasteiger partial charge in [0.2, 0.25) is 0 Å². The Hall–Kier alpha value is -2.19. The van der Waals surface area contributed by atoms with Crippen LogP contribution in [0, 0.1) is 11.3 Å². The summed E-state index contributed by atoms with van der Waals surface area (Å²) in [4.78, 5) is 3.92. The molecule has 0 unspecified atom stereocenters. The second kappa shape index (κ2) is 5.94. The van der Waals surface area contributed by atoms with Crippen molar-refractivity contribution in [2.24, 2.45) is 0 Å². The lowest BCUT2D eigenvalue weighted by Crippen LogP contribution is -2.15. The Morgan fingerprint density at radius 3 is 2.94 bits per heavy atom. The van der Waals surface area contributed by atoms with Crippen molar-refractivity contribution in [2.75, 3.05) is 6.54 Å². The zero-order chi connectivity index (χ0) is 12.8. The van der Waals surface area contributed by atoms with Gasteiger partial charge in [-0.1, -0.05) is 25.1 Å². The molecule has 2 aromatic rings. The molecule has 92 valence electrons. The van der Waals surface area contributed by atoms with E-state index in [-0.39, 0.29) is 5.82 Å². The monoisotopic (exact) mass is 241 g/mol. The average Bonchev–Trinajstić information content (AvgIpc) is 2.88. The van der Waals surface area contributed by atoms with E-state index in [9.17, 15) is 0 Å². The van der Waals surface area contributed by atoms with Gasteiger partial charge in [0, 0.05) is 6.54 Å². The Kier molecular flexibility index (Phi) is 4.05. The molecule has 1 aromatic carbocycles. The molecule has 18 heavy (non-hydrogen) atoms. The molecule has 2 rings (SSSR count). The Morgan fingerprint density at radius 2 is 2.22 bits per heavy atom. The third-order valence-corrected chi connectivity index (χ3v) is 2.57. The molecule has 1 N–H and O–H groups in total. The lowest BCUT2D eigenvalue weighted by molar-refractivity contribution is 0.670. The number of hydrogen-bond acceptors (Lipinski definition) is 4. The van der Waals surface area contributed by atoms with Crippen LogP contribution in [0.15, 0.2) is 30.6 Å². The summed E-state index contributed by atoms with van der Waals surface area (Å²) in [6.45, 7) is 3.90. The van der Waals surface area contributed by atoms with Crippen LogP contribution in [0.2, 0.25) is 0 Å². The van der Waals surface area contributed by atoms with Crippen LogP contribution in [0.1, 0.15) is 24.7 Å². The Bertz CT molecular complexity index is 553. The molecule has 0 amide bonds. The first-order valence-corrected chi connectivity index (χ1v) is 5.96. The number of hydrogen-bond donors (Lipinski definition) is 1. The van der Waals surface area contributed by atoms with Crippen LogP contribution in [-0.2, 0) is 6.54 Å². The largest absolute Gasteiger partial charge is 0.313 e. The molecule has 0 fully saturated rings. The van der Waals surface area contributed by atoms with Gasteiger partial charge in [-0.3, -0.25) is 0 Å². The number of benzene rings is 1. The Balaban J connectivity index is 2.24. The molecule has 1 aromatic heterocycles. The van der Waals surface area contributed by atoms with Gasteiger partial charge >= 0.3 is 0 Å². The maximum Gasteiger partial charge on any atom is 0.252 e. The summed E-state index contributed by atoms with van der Waals surface area (Å²) in [5.74, 6) is 0.186. The van der Waals surface area contributed by atoms with Gasteiger partial charge in [0.15, 0.2) is 0 Å². The van der Waals surface area contributed by atoms with E-state index >= 15 is 0 Å². The summed E-state index contributed by atoms with van der Waals surface area (Å²) in [6, 6.07) is 9.89. The second-order valence-electron chi connectivity index (χ2n) is 3.93. The van der Waals surface area contributed by atoms with Gasteiger partial charge in [-0.15, -0.1) is 5.10 Å². The van der Waals surface area contributed by atoms with E-state index in [2.05, 4.69) is 22.3 Å². The van der Waals surface area contributed by atoms with Crippen molar-refractivity contribution >= 4 is 0 Å². The van der Waals surface area contributed by atoms with Crippen LogP contribution >= 0.6 is 0 Å². The normalized spacial score (nSPS) is 10.2. The molecule has 0 radical (unpaired) electrons. The molecule has 0 bridgehead atoms. The van der Waals surface area contributed by atoms with Crippen molar-refractivity contribution in [1.29, 1.82) is 5.26 Å². The molecule has 0 aliphatic carbocycles. The van der Waals surface area contributed by atoms with E-state index in [1.807, 2.05) is 30.3 Å². The lowest BCUT2D eigenvalue weighted by Gasteiger charge is -2.09. The highest BCUT2D eigenvalue weighted by Crippen LogP contribution is 2.13. The van der Waals surface area contributed by atoms with Crippen molar-refractivity contribution in [2.45, 2.75) is 19.9 Å². The number of nitriles is 1. The zero-order valence-electron chi connectivity index (χ0n) is 10.3. The van der Waals surface area contributed by atoms with Crippen molar-refractivity contribution < 1.29 is 0 Å². The summed E-state index contributed by atoms with van der Waals surface area (Å²) in [7, 11) is 0. The summed E-state index contributed by atoms with van der Waals surface area (Å²) >= 11 is 0. The highest BCUT2D eigenvalue weighted by Gasteiger charge is 2.06. The summed E-state index contributed by atoms with van der Waals surface area (Å²) < 4.78 is 1.64. The number of aromatic nitrogens is 3. The van der Waals surface area contributed by atoms with Gasteiger partial charge < -0.3 is 5.32 Å². The quantitative estimate of drug-likeness (QED) is 0.808. The highest BCUT2D eigenvalue weighted by atomic mass is 15.3. The molecule has 1 heterocycles. The Morgan fingerprint density at radius 1 is 1.39 bits per heavy atom. The van der Waals surface area contributed by atoms with E-state index in [1.165, 1.54) is 0 Å². The third-order valence-electron chi connectivity index (χ3n) is 2.57. The van der Waals surface area contributed by atoms with Gasteiger partial charge in [0.1, 0.15) is 12.4 Å². The van der Waals surface area contributed by atoms with Gasteiger partial charge in [-0.2, -0.15) is 5.26 Å². The molecule has 5 nitrogen and oxygen atoms in total. The van der Waals surface area contributed by atoms with E-state index in [1.54, 1.807) is 11.0 Å². The molecular weight excluding hydrogens is 226 g/mol. The fourth-order valence-electron chi connectivity index (χ4n) is 1.71. The van der Waals surface area contributed by atoms with Crippen molar-refractivity contribution in [3.63, 3.8) is 0 Å². The zero-order valence-corrected chi connectivity index (χ0v) is 10.3. The molecule has 0 saturated heterocycles. The van der Waals surface area contributed by atoms with Crippen LogP contribution in [0.5, 0.6) is 0 Å². The van der Waals surface area contributed by atoms with Gasteiger partial charge in [0.05, 0.1) is 5.69 Å². The molecular formula is C13H15N5. The number of rotatable bonds is 5. The van der Waals surface area contributed by atoms with Gasteiger partial charge in [-0.05, 0) is 24.6 Å². The summed E-state index contributed by atoms with van der Waals surface area (Å²) in [5.41, 5.74) is 2.09. The van der Waals surface area contributed by atoms with Gasteiger partial charge in [-0.25, -0.2) is 9.67 Å². The maximum atomic E-state index is 8.74. The number of para-hydroxylation sites is 1. The Labute approximate surface area is 106 Å². The lowest BCUT2D eigenvalue weighted by atomic mass is 10.2. The summed E-state index contributed by atoms with van der Waals surface area (Å²) in [5, 5.41) is 16.2. The molecule has 0 spiro atoms. The first kappa shape index (κ1) is 12.3. The first-order valence-electron chi connectivity index (χ1n) is 5.96. The number of nitrogens with zero attached hydrogens (tertiary/aromatic N) is 4. The van der Waals surface area contributed by atoms with Crippen molar-refractivity contribution in [1.82, 2.24) is 20.1 Å². The highest BCUT2D eigenvalue weighted by molar-refractivity contribution is 5.40. The SMILES string of the molecule is CCCNCc1ccccc1-n1cnc(C#N)n1. The minimum Gasteiger partial charge on any atom is -0.313 e. The topological polar surface area (TPSA) is 66.5 Å². The predicted octanol–water partition coefficient (Wildman–Crippen LogP) is 1.64. The average molecular weight is 241 g/mol. The van der Waals surface area contributed by atoms with E-state index in [4.69, 9.17) is 5.26 Å². The molecule has 0 aliphatic rings. The summed E-state index contributed by atoms with van der Waals surface area (Å²) in [6.07, 6.45) is 2.67. The van der Waals surface area contributed by atoms with E-state index in [0.717, 1.165) is 30.8 Å². The predicted molar refractivity (Wildman–Crippen MR) is 68.1 cm³/mol. The van der Waals surface area contributed by atoms with Gasteiger partial charge in [0.25, 0.3) is 5.82 Å². The smallest absolute Gasteiger partial charge is 0.252 e. The molecule has 0 atom stereocenters. The standard InChI is InChI=1S/C13H15N5/c1-2-7-15-9-11-5-3-4-6-12(11)18-10-16-13(8-14)17-18/h3-6,10,15H,2,7,9H2,1H3. The molecule has 5 heteroatoms. The fourth-order valence-corrected chi connectivity index (χ4v) is 1.71. The molecule has 0 saturated carbocycles. The van der Waals surface area contributed by atoms with Crippen molar-refractivity contribution in [3.8, 4) is 11.8 Å². The van der Waals surface area contributed by atoms with E-state index in [0.29, 0.717) is 0 Å². The van der Waals surface area contributed by atoms with Crippen LogP contribution in [-0.4, -0.2) is 21.3 Å². The van der Waals surface area contributed by atoms with Crippen LogP contribution in [0.4, 0.5) is 0 Å². The second-order valence-corrected chi connectivity index (χ2v) is 3.93. The van der Waals surface area contributed by atoms with Crippen LogP contribution in [0.25, 0.3) is 5.69 Å². The first-order chi connectivity index (χ1) is 8.85. The third kappa shape index (κ3) is 2.73. The van der Waals surface area contributed by atoms with Crippen LogP contribution in [0.3, 0.4) is 0 Å². The minimum atomic E-state index is 0.186. The van der Waals surface area contributed by atoms with Crippen LogP contribution < -0.4 is 5.32 Å². The minimum absolute atomic E-state index is 0.186. The number of nitrogens with one attached hydrogen (secondary N) is 1. The fraction of sp³-hybridized carbons (Fsp3) is 0.308. The van der Waals surface area contributed by atoms with Crippen molar-refractivity contribution in [3.05, 3.63) is 42.0 Å². The maximum absolute atomic E-state index is 8.74. The van der Waals surface area contributed by atoms with E-state index < -0.39 is 0 Å².